The van der Waals surface area contributed by atoms with Crippen LogP contribution in [0.5, 0.6) is 5.75 Å². The first-order valence-electron chi connectivity index (χ1n) is 7.40. The molecule has 0 amide bonds. The lowest BCUT2D eigenvalue weighted by Gasteiger charge is -2.36. The minimum Gasteiger partial charge on any atom is -0.496 e. The molecule has 1 N–H and O–H groups in total. The van der Waals surface area contributed by atoms with E-state index in [4.69, 9.17) is 4.74 Å². The SMILES string of the molecule is COc1ccc(N(C)C2CC3CCC(C2)N3)c([N+](=O)[O-])c1. The Morgan fingerprint density at radius 3 is 2.57 bits per heavy atom. The fraction of sp³-hybridized carbons (Fsp3) is 0.600. The van der Waals surface area contributed by atoms with Gasteiger partial charge in [-0.1, -0.05) is 0 Å². The van der Waals surface area contributed by atoms with Crippen molar-refractivity contribution in [1.29, 1.82) is 0 Å². The van der Waals surface area contributed by atoms with E-state index in [2.05, 4.69) is 10.2 Å². The summed E-state index contributed by atoms with van der Waals surface area (Å²) in [4.78, 5) is 13.1. The lowest BCUT2D eigenvalue weighted by Crippen LogP contribution is -2.47. The highest BCUT2D eigenvalue weighted by molar-refractivity contribution is 5.65. The van der Waals surface area contributed by atoms with E-state index in [1.165, 1.54) is 26.0 Å². The van der Waals surface area contributed by atoms with Gasteiger partial charge >= 0.3 is 0 Å². The Balaban J connectivity index is 1.86. The number of fused-ring (bicyclic) bond motifs is 2. The molecule has 1 aromatic rings. The number of benzene rings is 1. The van der Waals surface area contributed by atoms with Gasteiger partial charge in [0, 0.05) is 25.2 Å². The van der Waals surface area contributed by atoms with Gasteiger partial charge in [0.15, 0.2) is 0 Å². The van der Waals surface area contributed by atoms with Crippen LogP contribution in [-0.2, 0) is 0 Å². The summed E-state index contributed by atoms with van der Waals surface area (Å²) < 4.78 is 5.10. The van der Waals surface area contributed by atoms with Crippen molar-refractivity contribution >= 4 is 11.4 Å². The third-order valence-corrected chi connectivity index (χ3v) is 4.76. The zero-order chi connectivity index (χ0) is 15.0. The Labute approximate surface area is 124 Å². The Morgan fingerprint density at radius 1 is 1.33 bits per heavy atom. The summed E-state index contributed by atoms with van der Waals surface area (Å²) in [6.45, 7) is 0. The number of piperidine rings is 1. The number of ether oxygens (including phenoxy) is 1. The molecule has 2 saturated heterocycles. The Kier molecular flexibility index (Phi) is 3.71. The Bertz CT molecular complexity index is 537. The van der Waals surface area contributed by atoms with E-state index in [1.54, 1.807) is 12.1 Å². The average Bonchev–Trinajstić information content (AvgIpc) is 2.84. The third kappa shape index (κ3) is 2.68. The first-order chi connectivity index (χ1) is 10.1. The maximum absolute atomic E-state index is 11.3. The lowest BCUT2D eigenvalue weighted by molar-refractivity contribution is -0.384. The smallest absolute Gasteiger partial charge is 0.296 e. The summed E-state index contributed by atoms with van der Waals surface area (Å²) in [7, 11) is 3.48. The van der Waals surface area contributed by atoms with Crippen molar-refractivity contribution < 1.29 is 9.66 Å². The molecule has 2 heterocycles. The van der Waals surface area contributed by atoms with Crippen LogP contribution >= 0.6 is 0 Å². The van der Waals surface area contributed by atoms with Crippen molar-refractivity contribution in [2.24, 2.45) is 0 Å². The summed E-state index contributed by atoms with van der Waals surface area (Å²) in [6.07, 6.45) is 4.55. The largest absolute Gasteiger partial charge is 0.496 e. The van der Waals surface area contributed by atoms with E-state index in [0.717, 1.165) is 12.8 Å². The molecule has 2 atom stereocenters. The van der Waals surface area contributed by atoms with E-state index in [-0.39, 0.29) is 10.6 Å². The summed E-state index contributed by atoms with van der Waals surface area (Å²) in [5.41, 5.74) is 0.787. The summed E-state index contributed by atoms with van der Waals surface area (Å²) >= 11 is 0. The molecular weight excluding hydrogens is 270 g/mol. The minimum absolute atomic E-state index is 0.114. The third-order valence-electron chi connectivity index (χ3n) is 4.76. The highest BCUT2D eigenvalue weighted by Gasteiger charge is 2.36. The number of nitro groups is 1. The molecule has 2 unspecified atom stereocenters. The molecule has 114 valence electrons. The van der Waals surface area contributed by atoms with Gasteiger partial charge in [-0.2, -0.15) is 0 Å². The second kappa shape index (κ2) is 5.52. The molecular formula is C15H21N3O3. The number of hydrogen-bond donors (Lipinski definition) is 1. The normalized spacial score (nSPS) is 27.4. The monoisotopic (exact) mass is 291 g/mol. The predicted molar refractivity (Wildman–Crippen MR) is 81.0 cm³/mol. The number of nitrogens with zero attached hydrogens (tertiary/aromatic N) is 2. The van der Waals surface area contributed by atoms with Gasteiger partial charge in [-0.25, -0.2) is 0 Å². The van der Waals surface area contributed by atoms with Gasteiger partial charge in [0.25, 0.3) is 5.69 Å². The van der Waals surface area contributed by atoms with E-state index in [0.29, 0.717) is 29.6 Å². The van der Waals surface area contributed by atoms with Gasteiger partial charge in [-0.15, -0.1) is 0 Å². The number of nitrogens with one attached hydrogen (secondary N) is 1. The molecule has 2 aliphatic rings. The number of anilines is 1. The summed E-state index contributed by atoms with van der Waals surface area (Å²) in [5, 5.41) is 14.9. The molecule has 2 fully saturated rings. The molecule has 3 rings (SSSR count). The molecule has 0 radical (unpaired) electrons. The van der Waals surface area contributed by atoms with Crippen molar-refractivity contribution in [3.63, 3.8) is 0 Å². The molecule has 0 aromatic heterocycles. The van der Waals surface area contributed by atoms with Crippen molar-refractivity contribution in [3.8, 4) is 5.75 Å². The van der Waals surface area contributed by atoms with Gasteiger partial charge in [-0.3, -0.25) is 10.1 Å². The van der Waals surface area contributed by atoms with Crippen LogP contribution in [0.15, 0.2) is 18.2 Å². The van der Waals surface area contributed by atoms with Crippen molar-refractivity contribution in [3.05, 3.63) is 28.3 Å². The van der Waals surface area contributed by atoms with E-state index in [9.17, 15) is 10.1 Å². The maximum atomic E-state index is 11.3. The van der Waals surface area contributed by atoms with Crippen LogP contribution in [0.1, 0.15) is 25.7 Å². The van der Waals surface area contributed by atoms with Crippen molar-refractivity contribution in [1.82, 2.24) is 5.32 Å². The van der Waals surface area contributed by atoms with E-state index in [1.807, 2.05) is 7.05 Å². The van der Waals surface area contributed by atoms with Crippen LogP contribution in [0.2, 0.25) is 0 Å². The van der Waals surface area contributed by atoms with Crippen LogP contribution in [0, 0.1) is 10.1 Å². The Morgan fingerprint density at radius 2 is 2.00 bits per heavy atom. The van der Waals surface area contributed by atoms with Crippen LogP contribution in [-0.4, -0.2) is 37.2 Å². The fourth-order valence-corrected chi connectivity index (χ4v) is 3.61. The fourth-order valence-electron chi connectivity index (χ4n) is 3.61. The van der Waals surface area contributed by atoms with E-state index >= 15 is 0 Å². The van der Waals surface area contributed by atoms with Crippen LogP contribution in [0.4, 0.5) is 11.4 Å². The molecule has 2 aliphatic heterocycles. The molecule has 2 bridgehead atoms. The first kappa shape index (κ1) is 14.1. The topological polar surface area (TPSA) is 67.6 Å². The Hall–Kier alpha value is -1.82. The van der Waals surface area contributed by atoms with Gasteiger partial charge in [0.2, 0.25) is 0 Å². The van der Waals surface area contributed by atoms with Crippen LogP contribution < -0.4 is 15.0 Å². The summed E-state index contributed by atoms with van der Waals surface area (Å²) in [6, 6.07) is 6.56. The molecule has 0 aliphatic carbocycles. The number of nitro benzene ring substituents is 1. The zero-order valence-corrected chi connectivity index (χ0v) is 12.4. The van der Waals surface area contributed by atoms with E-state index < -0.39 is 0 Å². The zero-order valence-electron chi connectivity index (χ0n) is 12.4. The number of hydrogen-bond acceptors (Lipinski definition) is 5. The van der Waals surface area contributed by atoms with Gasteiger partial charge in [0.05, 0.1) is 18.1 Å². The van der Waals surface area contributed by atoms with Crippen molar-refractivity contribution in [2.75, 3.05) is 19.1 Å². The number of rotatable bonds is 4. The predicted octanol–water partition coefficient (Wildman–Crippen LogP) is 2.32. The molecule has 21 heavy (non-hydrogen) atoms. The van der Waals surface area contributed by atoms with Crippen LogP contribution in [0.3, 0.4) is 0 Å². The van der Waals surface area contributed by atoms with Gasteiger partial charge < -0.3 is 15.0 Å². The molecule has 6 nitrogen and oxygen atoms in total. The lowest BCUT2D eigenvalue weighted by atomic mass is 9.98. The molecule has 6 heteroatoms. The maximum Gasteiger partial charge on any atom is 0.296 e. The first-order valence-corrected chi connectivity index (χ1v) is 7.40. The molecule has 1 aromatic carbocycles. The van der Waals surface area contributed by atoms with Crippen molar-refractivity contribution in [2.45, 2.75) is 43.8 Å². The van der Waals surface area contributed by atoms with Crippen LogP contribution in [0.25, 0.3) is 0 Å². The van der Waals surface area contributed by atoms with Gasteiger partial charge in [-0.05, 0) is 37.8 Å². The average molecular weight is 291 g/mol. The molecule has 0 spiro atoms. The standard InChI is InChI=1S/C15H21N3O3/c1-17(12-7-10-3-4-11(8-12)16-10)14-6-5-13(21-2)9-15(14)18(19)20/h5-6,9-12,16H,3-4,7-8H2,1-2H3. The van der Waals surface area contributed by atoms with Gasteiger partial charge in [0.1, 0.15) is 11.4 Å². The second-order valence-electron chi connectivity index (χ2n) is 5.99. The minimum atomic E-state index is -0.329. The highest BCUT2D eigenvalue weighted by atomic mass is 16.6. The summed E-state index contributed by atoms with van der Waals surface area (Å²) in [5.74, 6) is 0.518. The number of methoxy groups -OCH3 is 1. The molecule has 0 saturated carbocycles. The quantitative estimate of drug-likeness (QED) is 0.681. The highest BCUT2D eigenvalue weighted by Crippen LogP contribution is 2.36. The second-order valence-corrected chi connectivity index (χ2v) is 5.99.